The molecular formula is C13H20N2O. The minimum atomic E-state index is -0.141. The van der Waals surface area contributed by atoms with E-state index in [4.69, 9.17) is 0 Å². The molecule has 0 spiro atoms. The standard InChI is InChI=1S/C13H20N2O/c1-4-13(3,5-2)15-12(16)14-11-9-7-6-8-10-11/h6-10H,4-5H2,1-3H3,(H2,14,15,16). The van der Waals surface area contributed by atoms with Crippen molar-refractivity contribution in [2.45, 2.75) is 39.2 Å². The van der Waals surface area contributed by atoms with Crippen LogP contribution in [0.25, 0.3) is 0 Å². The van der Waals surface area contributed by atoms with Crippen LogP contribution in [0.5, 0.6) is 0 Å². The maximum absolute atomic E-state index is 11.7. The van der Waals surface area contributed by atoms with E-state index in [0.29, 0.717) is 0 Å². The third kappa shape index (κ3) is 3.57. The van der Waals surface area contributed by atoms with Gasteiger partial charge in [-0.2, -0.15) is 0 Å². The van der Waals surface area contributed by atoms with Gasteiger partial charge in [-0.25, -0.2) is 4.79 Å². The normalized spacial score (nSPS) is 10.9. The van der Waals surface area contributed by atoms with Crippen LogP contribution in [0.1, 0.15) is 33.6 Å². The van der Waals surface area contributed by atoms with Gasteiger partial charge in [0, 0.05) is 11.2 Å². The van der Waals surface area contributed by atoms with Gasteiger partial charge < -0.3 is 10.6 Å². The molecule has 0 unspecified atom stereocenters. The number of nitrogens with one attached hydrogen (secondary N) is 2. The first-order chi connectivity index (χ1) is 7.59. The molecule has 0 aliphatic heterocycles. The maximum Gasteiger partial charge on any atom is 0.319 e. The van der Waals surface area contributed by atoms with Crippen molar-refractivity contribution in [1.29, 1.82) is 0 Å². The molecule has 0 saturated carbocycles. The summed E-state index contributed by atoms with van der Waals surface area (Å²) < 4.78 is 0. The number of amides is 2. The minimum Gasteiger partial charge on any atom is -0.333 e. The summed E-state index contributed by atoms with van der Waals surface area (Å²) in [5.41, 5.74) is 0.688. The van der Waals surface area contributed by atoms with Gasteiger partial charge >= 0.3 is 6.03 Å². The van der Waals surface area contributed by atoms with Crippen molar-refractivity contribution in [3.8, 4) is 0 Å². The van der Waals surface area contributed by atoms with Crippen molar-refractivity contribution >= 4 is 11.7 Å². The lowest BCUT2D eigenvalue weighted by Crippen LogP contribution is -2.46. The number of hydrogen-bond acceptors (Lipinski definition) is 1. The third-order valence-electron chi connectivity index (χ3n) is 3.01. The lowest BCUT2D eigenvalue weighted by Gasteiger charge is -2.28. The van der Waals surface area contributed by atoms with Crippen molar-refractivity contribution in [1.82, 2.24) is 5.32 Å². The number of hydrogen-bond donors (Lipinski definition) is 2. The highest BCUT2D eigenvalue weighted by molar-refractivity contribution is 5.89. The number of carbonyl (C=O) groups excluding carboxylic acids is 1. The quantitative estimate of drug-likeness (QED) is 0.802. The first-order valence-corrected chi connectivity index (χ1v) is 5.74. The molecule has 2 amide bonds. The van der Waals surface area contributed by atoms with E-state index in [1.54, 1.807) is 0 Å². The monoisotopic (exact) mass is 220 g/mol. The summed E-state index contributed by atoms with van der Waals surface area (Å²) in [7, 11) is 0. The minimum absolute atomic E-state index is 0.126. The van der Waals surface area contributed by atoms with Gasteiger partial charge in [-0.05, 0) is 31.9 Å². The molecule has 0 radical (unpaired) electrons. The highest BCUT2D eigenvalue weighted by atomic mass is 16.2. The Morgan fingerprint density at radius 3 is 2.25 bits per heavy atom. The van der Waals surface area contributed by atoms with Crippen LogP contribution in [-0.4, -0.2) is 11.6 Å². The zero-order chi connectivity index (χ0) is 12.0. The second kappa shape index (κ2) is 5.54. The molecule has 0 fully saturated rings. The zero-order valence-electron chi connectivity index (χ0n) is 10.2. The smallest absolute Gasteiger partial charge is 0.319 e. The fourth-order valence-corrected chi connectivity index (χ4v) is 1.38. The third-order valence-corrected chi connectivity index (χ3v) is 3.01. The second-order valence-corrected chi connectivity index (χ2v) is 4.21. The van der Waals surface area contributed by atoms with Crippen LogP contribution < -0.4 is 10.6 Å². The largest absolute Gasteiger partial charge is 0.333 e. The summed E-state index contributed by atoms with van der Waals surface area (Å²) in [5.74, 6) is 0. The fourth-order valence-electron chi connectivity index (χ4n) is 1.38. The van der Waals surface area contributed by atoms with Gasteiger partial charge in [0.25, 0.3) is 0 Å². The molecule has 3 nitrogen and oxygen atoms in total. The number of urea groups is 1. The molecule has 16 heavy (non-hydrogen) atoms. The SMILES string of the molecule is CCC(C)(CC)NC(=O)Nc1ccccc1. The van der Waals surface area contributed by atoms with E-state index < -0.39 is 0 Å². The van der Waals surface area contributed by atoms with E-state index in [0.717, 1.165) is 18.5 Å². The van der Waals surface area contributed by atoms with Crippen molar-refractivity contribution in [2.24, 2.45) is 0 Å². The molecule has 0 atom stereocenters. The van der Waals surface area contributed by atoms with Crippen molar-refractivity contribution in [3.05, 3.63) is 30.3 Å². The molecule has 88 valence electrons. The molecule has 0 bridgehead atoms. The molecule has 0 aliphatic carbocycles. The van der Waals surface area contributed by atoms with Crippen LogP contribution in [-0.2, 0) is 0 Å². The molecule has 0 aromatic heterocycles. The Labute approximate surface area is 97.2 Å². The average Bonchev–Trinajstić information content (AvgIpc) is 2.30. The van der Waals surface area contributed by atoms with Crippen LogP contribution in [0, 0.1) is 0 Å². The Balaban J connectivity index is 2.54. The Morgan fingerprint density at radius 1 is 1.19 bits per heavy atom. The summed E-state index contributed by atoms with van der Waals surface area (Å²) >= 11 is 0. The van der Waals surface area contributed by atoms with E-state index in [1.165, 1.54) is 0 Å². The highest BCUT2D eigenvalue weighted by Crippen LogP contribution is 2.14. The number of rotatable bonds is 4. The van der Waals surface area contributed by atoms with Crippen LogP contribution in [0.15, 0.2) is 30.3 Å². The van der Waals surface area contributed by atoms with Crippen LogP contribution in [0.2, 0.25) is 0 Å². The van der Waals surface area contributed by atoms with Gasteiger partial charge in [-0.3, -0.25) is 0 Å². The molecule has 1 aromatic rings. The van der Waals surface area contributed by atoms with Gasteiger partial charge in [0.1, 0.15) is 0 Å². The molecule has 2 N–H and O–H groups in total. The number of anilines is 1. The van der Waals surface area contributed by atoms with Crippen molar-refractivity contribution < 1.29 is 4.79 Å². The molecule has 0 aliphatic rings. The fraction of sp³-hybridized carbons (Fsp3) is 0.462. The molecule has 0 saturated heterocycles. The van der Waals surface area contributed by atoms with E-state index in [2.05, 4.69) is 31.4 Å². The Hall–Kier alpha value is -1.51. The molecule has 0 heterocycles. The Kier molecular flexibility index (Phi) is 4.35. The Bertz CT molecular complexity index is 331. The first kappa shape index (κ1) is 12.6. The first-order valence-electron chi connectivity index (χ1n) is 5.74. The lowest BCUT2D eigenvalue weighted by atomic mass is 9.96. The molecule has 1 aromatic carbocycles. The highest BCUT2D eigenvalue weighted by Gasteiger charge is 2.21. The average molecular weight is 220 g/mol. The predicted octanol–water partition coefficient (Wildman–Crippen LogP) is 3.39. The molecule has 1 rings (SSSR count). The summed E-state index contributed by atoms with van der Waals surface area (Å²) in [5, 5.41) is 5.81. The van der Waals surface area contributed by atoms with Crippen LogP contribution in [0.3, 0.4) is 0 Å². The van der Waals surface area contributed by atoms with Gasteiger partial charge in [0.2, 0.25) is 0 Å². The van der Waals surface area contributed by atoms with Gasteiger partial charge in [0.05, 0.1) is 0 Å². The summed E-state index contributed by atoms with van der Waals surface area (Å²) in [6.45, 7) is 6.20. The van der Waals surface area contributed by atoms with E-state index in [1.807, 2.05) is 30.3 Å². The predicted molar refractivity (Wildman–Crippen MR) is 67.6 cm³/mol. The van der Waals surface area contributed by atoms with Crippen molar-refractivity contribution in [3.63, 3.8) is 0 Å². The van der Waals surface area contributed by atoms with E-state index in [-0.39, 0.29) is 11.6 Å². The second-order valence-electron chi connectivity index (χ2n) is 4.21. The van der Waals surface area contributed by atoms with E-state index in [9.17, 15) is 4.79 Å². The number of para-hydroxylation sites is 1. The van der Waals surface area contributed by atoms with Gasteiger partial charge in [-0.1, -0.05) is 32.0 Å². The summed E-state index contributed by atoms with van der Waals surface area (Å²) in [6, 6.07) is 9.31. The topological polar surface area (TPSA) is 41.1 Å². The van der Waals surface area contributed by atoms with Gasteiger partial charge in [-0.15, -0.1) is 0 Å². The summed E-state index contributed by atoms with van der Waals surface area (Å²) in [4.78, 5) is 11.7. The molecule has 3 heteroatoms. The maximum atomic E-state index is 11.7. The van der Waals surface area contributed by atoms with Crippen LogP contribution in [0.4, 0.5) is 10.5 Å². The summed E-state index contributed by atoms with van der Waals surface area (Å²) in [6.07, 6.45) is 1.84. The van der Waals surface area contributed by atoms with E-state index >= 15 is 0 Å². The number of carbonyl (C=O) groups is 1. The van der Waals surface area contributed by atoms with Gasteiger partial charge in [0.15, 0.2) is 0 Å². The zero-order valence-corrected chi connectivity index (χ0v) is 10.2. The Morgan fingerprint density at radius 2 is 1.75 bits per heavy atom. The lowest BCUT2D eigenvalue weighted by molar-refractivity contribution is 0.236. The molecular weight excluding hydrogens is 200 g/mol. The van der Waals surface area contributed by atoms with Crippen LogP contribution >= 0.6 is 0 Å². The van der Waals surface area contributed by atoms with Crippen molar-refractivity contribution in [2.75, 3.05) is 5.32 Å². The number of benzene rings is 1.